The predicted octanol–water partition coefficient (Wildman–Crippen LogP) is 6.69. The second-order valence-corrected chi connectivity index (χ2v) is 8.82. The fourth-order valence-electron chi connectivity index (χ4n) is 3.60. The van der Waals surface area contributed by atoms with Crippen LogP contribution in [0.15, 0.2) is 96.1 Å². The molecule has 34 heavy (non-hydrogen) atoms. The molecule has 0 saturated carbocycles. The Kier molecular flexibility index (Phi) is 6.08. The first-order valence-electron chi connectivity index (χ1n) is 10.4. The molecule has 0 fully saturated rings. The number of rotatable bonds is 5. The summed E-state index contributed by atoms with van der Waals surface area (Å²) in [6.45, 7) is 0. The van der Waals surface area contributed by atoms with E-state index < -0.39 is 11.9 Å². The number of hydrazone groups is 1. The van der Waals surface area contributed by atoms with Gasteiger partial charge in [0, 0.05) is 15.6 Å². The van der Waals surface area contributed by atoms with Crippen molar-refractivity contribution in [2.75, 3.05) is 0 Å². The zero-order valence-corrected chi connectivity index (χ0v) is 19.3. The average Bonchev–Trinajstić information content (AvgIpc) is 3.22. The number of carbonyl (C=O) groups excluding carboxylic acids is 2. The lowest BCUT2D eigenvalue weighted by molar-refractivity contribution is 0.0734. The van der Waals surface area contributed by atoms with Crippen molar-refractivity contribution in [1.29, 1.82) is 0 Å². The van der Waals surface area contributed by atoms with Crippen molar-refractivity contribution in [3.05, 3.63) is 112 Å². The van der Waals surface area contributed by atoms with E-state index in [9.17, 15) is 9.59 Å². The summed E-state index contributed by atoms with van der Waals surface area (Å²) in [7, 11) is 0. The van der Waals surface area contributed by atoms with Crippen LogP contribution >= 0.6 is 22.9 Å². The second kappa shape index (κ2) is 9.47. The number of nitrogens with one attached hydrogen (secondary N) is 1. The number of hydrogen-bond acceptors (Lipinski definition) is 5. The predicted molar refractivity (Wildman–Crippen MR) is 137 cm³/mol. The largest absolute Gasteiger partial charge is 0.422 e. The van der Waals surface area contributed by atoms with E-state index in [1.165, 1.54) is 17.6 Å². The first-order valence-corrected chi connectivity index (χ1v) is 11.6. The van der Waals surface area contributed by atoms with E-state index in [2.05, 4.69) is 10.5 Å². The van der Waals surface area contributed by atoms with Gasteiger partial charge in [0.25, 0.3) is 5.91 Å². The topological polar surface area (TPSA) is 67.8 Å². The summed E-state index contributed by atoms with van der Waals surface area (Å²) >= 11 is 7.71. The van der Waals surface area contributed by atoms with Crippen LogP contribution in [0.2, 0.25) is 5.02 Å². The molecule has 4 aromatic carbocycles. The van der Waals surface area contributed by atoms with Crippen LogP contribution in [0.25, 0.3) is 20.9 Å². The molecule has 0 atom stereocenters. The van der Waals surface area contributed by atoms with Gasteiger partial charge in [0.2, 0.25) is 0 Å². The molecule has 1 aromatic heterocycles. The van der Waals surface area contributed by atoms with E-state index in [1.54, 1.807) is 30.3 Å². The SMILES string of the molecule is O=C(Oc1ccc2ccccc2c1C=NNC(=O)c1sc2ccccc2c1Cl)c1ccccc1. The normalized spacial score (nSPS) is 11.2. The van der Waals surface area contributed by atoms with Gasteiger partial charge < -0.3 is 4.74 Å². The molecule has 0 spiro atoms. The van der Waals surface area contributed by atoms with Crippen LogP contribution in [0.5, 0.6) is 5.75 Å². The summed E-state index contributed by atoms with van der Waals surface area (Å²) < 4.78 is 6.60. The van der Waals surface area contributed by atoms with Crippen LogP contribution < -0.4 is 10.2 Å². The minimum Gasteiger partial charge on any atom is -0.422 e. The van der Waals surface area contributed by atoms with Crippen LogP contribution in [-0.4, -0.2) is 18.1 Å². The van der Waals surface area contributed by atoms with Crippen molar-refractivity contribution in [2.45, 2.75) is 0 Å². The van der Waals surface area contributed by atoms with Gasteiger partial charge in [-0.15, -0.1) is 11.3 Å². The zero-order valence-electron chi connectivity index (χ0n) is 17.7. The van der Waals surface area contributed by atoms with E-state index in [0.29, 0.717) is 26.8 Å². The van der Waals surface area contributed by atoms with Gasteiger partial charge in [0.15, 0.2) is 0 Å². The molecule has 0 radical (unpaired) electrons. The van der Waals surface area contributed by atoms with E-state index in [1.807, 2.05) is 60.7 Å². The van der Waals surface area contributed by atoms with Gasteiger partial charge in [0.1, 0.15) is 10.6 Å². The average molecular weight is 485 g/mol. The maximum absolute atomic E-state index is 12.8. The van der Waals surface area contributed by atoms with E-state index in [4.69, 9.17) is 16.3 Å². The van der Waals surface area contributed by atoms with Gasteiger partial charge in [-0.05, 0) is 35.0 Å². The van der Waals surface area contributed by atoms with Crippen LogP contribution in [0, 0.1) is 0 Å². The summed E-state index contributed by atoms with van der Waals surface area (Å²) in [5, 5.41) is 7.16. The van der Waals surface area contributed by atoms with Crippen molar-refractivity contribution in [1.82, 2.24) is 5.43 Å². The lowest BCUT2D eigenvalue weighted by Crippen LogP contribution is -2.17. The van der Waals surface area contributed by atoms with Gasteiger partial charge in [-0.25, -0.2) is 10.2 Å². The summed E-state index contributed by atoms with van der Waals surface area (Å²) in [5.41, 5.74) is 3.55. The van der Waals surface area contributed by atoms with Crippen molar-refractivity contribution in [2.24, 2.45) is 5.10 Å². The van der Waals surface area contributed by atoms with Crippen molar-refractivity contribution in [3.63, 3.8) is 0 Å². The van der Waals surface area contributed by atoms with Gasteiger partial charge in [-0.3, -0.25) is 4.79 Å². The van der Waals surface area contributed by atoms with Gasteiger partial charge in [-0.1, -0.05) is 78.3 Å². The standard InChI is InChI=1S/C27H17ClN2O3S/c28-24-20-12-6-7-13-23(20)34-25(24)26(31)30-29-16-21-19-11-5-4-8-17(19)14-15-22(21)33-27(32)18-9-2-1-3-10-18/h1-16H,(H,30,31). The third-order valence-corrected chi connectivity index (χ3v) is 6.92. The fraction of sp³-hybridized carbons (Fsp3) is 0. The van der Waals surface area contributed by atoms with Crippen molar-refractivity contribution >= 4 is 61.9 Å². The molecule has 1 heterocycles. The number of amides is 1. The summed E-state index contributed by atoms with van der Waals surface area (Å²) in [6, 6.07) is 27.6. The summed E-state index contributed by atoms with van der Waals surface area (Å²) in [6.07, 6.45) is 1.48. The Bertz CT molecular complexity index is 1560. The molecule has 7 heteroatoms. The highest BCUT2D eigenvalue weighted by Gasteiger charge is 2.17. The highest BCUT2D eigenvalue weighted by atomic mass is 35.5. The number of halogens is 1. The van der Waals surface area contributed by atoms with Gasteiger partial charge >= 0.3 is 5.97 Å². The van der Waals surface area contributed by atoms with E-state index >= 15 is 0 Å². The molecule has 166 valence electrons. The minimum absolute atomic E-state index is 0.338. The molecule has 5 nitrogen and oxygen atoms in total. The molecule has 5 rings (SSSR count). The monoisotopic (exact) mass is 484 g/mol. The Labute approximate surface area is 204 Å². The van der Waals surface area contributed by atoms with Crippen molar-refractivity contribution < 1.29 is 14.3 Å². The highest BCUT2D eigenvalue weighted by Crippen LogP contribution is 2.35. The van der Waals surface area contributed by atoms with Crippen molar-refractivity contribution in [3.8, 4) is 5.75 Å². The Morgan fingerprint density at radius 2 is 1.56 bits per heavy atom. The Morgan fingerprint density at radius 1 is 0.853 bits per heavy atom. The fourth-order valence-corrected chi connectivity index (χ4v) is 5.00. The molecule has 0 unspecified atom stereocenters. The molecule has 1 amide bonds. The van der Waals surface area contributed by atoms with Gasteiger partial charge in [-0.2, -0.15) is 5.10 Å². The number of ether oxygens (including phenoxy) is 1. The zero-order chi connectivity index (χ0) is 23.5. The number of hydrogen-bond donors (Lipinski definition) is 1. The number of benzene rings is 4. The summed E-state index contributed by atoms with van der Waals surface area (Å²) in [5.74, 6) is -0.553. The van der Waals surface area contributed by atoms with Crippen LogP contribution in [-0.2, 0) is 0 Å². The van der Waals surface area contributed by atoms with Crippen LogP contribution in [0.4, 0.5) is 0 Å². The Morgan fingerprint density at radius 3 is 2.35 bits per heavy atom. The molecular formula is C27H17ClN2O3S. The molecule has 1 N–H and O–H groups in total. The maximum atomic E-state index is 12.8. The lowest BCUT2D eigenvalue weighted by Gasteiger charge is -2.10. The first kappa shape index (κ1) is 21.8. The molecule has 0 aliphatic rings. The summed E-state index contributed by atoms with van der Waals surface area (Å²) in [4.78, 5) is 25.8. The number of carbonyl (C=O) groups is 2. The Balaban J connectivity index is 1.44. The molecule has 5 aromatic rings. The molecule has 0 saturated heterocycles. The Hall–Kier alpha value is -4.00. The minimum atomic E-state index is -0.480. The first-order chi connectivity index (χ1) is 16.6. The van der Waals surface area contributed by atoms with Crippen LogP contribution in [0.1, 0.15) is 25.6 Å². The molecule has 0 aliphatic heterocycles. The highest BCUT2D eigenvalue weighted by molar-refractivity contribution is 7.21. The quantitative estimate of drug-likeness (QED) is 0.131. The number of fused-ring (bicyclic) bond motifs is 2. The molecule has 0 aliphatic carbocycles. The number of nitrogens with zero attached hydrogens (tertiary/aromatic N) is 1. The van der Waals surface area contributed by atoms with E-state index in [0.717, 1.165) is 20.9 Å². The third kappa shape index (κ3) is 4.29. The molecule has 0 bridgehead atoms. The van der Waals surface area contributed by atoms with Gasteiger partial charge in [0.05, 0.1) is 16.8 Å². The second-order valence-electron chi connectivity index (χ2n) is 7.39. The van der Waals surface area contributed by atoms with Crippen LogP contribution in [0.3, 0.4) is 0 Å². The van der Waals surface area contributed by atoms with E-state index in [-0.39, 0.29) is 0 Å². The smallest absolute Gasteiger partial charge is 0.343 e. The third-order valence-electron chi connectivity index (χ3n) is 5.24. The number of esters is 1. The lowest BCUT2D eigenvalue weighted by atomic mass is 10.0. The number of thiophene rings is 1. The maximum Gasteiger partial charge on any atom is 0.343 e. The molecular weight excluding hydrogens is 468 g/mol.